The first-order valence-corrected chi connectivity index (χ1v) is 6.54. The third-order valence-electron chi connectivity index (χ3n) is 2.78. The molecule has 0 radical (unpaired) electrons. The average Bonchev–Trinajstić information content (AvgIpc) is 2.92. The molecule has 0 unspecified atom stereocenters. The maximum absolute atomic E-state index is 5.98. The van der Waals surface area contributed by atoms with E-state index in [1.54, 1.807) is 30.3 Å². The van der Waals surface area contributed by atoms with Crippen LogP contribution in [0.1, 0.15) is 0 Å². The van der Waals surface area contributed by atoms with Crippen LogP contribution in [0.4, 0.5) is 5.69 Å². The summed E-state index contributed by atoms with van der Waals surface area (Å²) < 4.78 is 5.24. The molecule has 3 aromatic rings. The third-order valence-corrected chi connectivity index (χ3v) is 3.36. The number of benzene rings is 2. The smallest absolute Gasteiger partial charge is 0.258 e. The Kier molecular flexibility index (Phi) is 3.34. The van der Waals surface area contributed by atoms with E-state index >= 15 is 0 Å². The predicted octanol–water partition coefficient (Wildman–Crippen LogP) is 4.29. The largest absolute Gasteiger partial charge is 0.398 e. The molecule has 6 heteroatoms. The second-order valence-corrected chi connectivity index (χ2v) is 5.01. The van der Waals surface area contributed by atoms with E-state index in [1.165, 1.54) is 0 Å². The number of halogens is 2. The number of nitrogens with two attached hydrogens (primary N) is 1. The number of nitrogen functional groups attached to an aromatic ring is 1. The molecule has 100 valence electrons. The Balaban J connectivity index is 1.97. The molecule has 0 aliphatic heterocycles. The van der Waals surface area contributed by atoms with Gasteiger partial charge in [0.25, 0.3) is 5.89 Å². The molecule has 0 saturated carbocycles. The molecule has 0 aliphatic rings. The number of nitrogens with zero attached hydrogens (tertiary/aromatic N) is 2. The van der Waals surface area contributed by atoms with Gasteiger partial charge in [0.15, 0.2) is 0 Å². The fraction of sp³-hybridized carbons (Fsp3) is 0. The van der Waals surface area contributed by atoms with Gasteiger partial charge in [-0.15, -0.1) is 0 Å². The summed E-state index contributed by atoms with van der Waals surface area (Å²) in [7, 11) is 0. The van der Waals surface area contributed by atoms with Gasteiger partial charge in [0.05, 0.1) is 10.7 Å². The molecule has 2 aromatic carbocycles. The Hall–Kier alpha value is -2.04. The molecular formula is C14H9Cl2N3O. The average molecular weight is 306 g/mol. The van der Waals surface area contributed by atoms with Crippen molar-refractivity contribution in [2.24, 2.45) is 0 Å². The zero-order chi connectivity index (χ0) is 14.1. The molecule has 0 saturated heterocycles. The summed E-state index contributed by atoms with van der Waals surface area (Å²) in [4.78, 5) is 4.33. The number of anilines is 1. The van der Waals surface area contributed by atoms with Crippen LogP contribution in [0.5, 0.6) is 0 Å². The maximum atomic E-state index is 5.98. The van der Waals surface area contributed by atoms with Crippen LogP contribution in [-0.2, 0) is 0 Å². The van der Waals surface area contributed by atoms with Crippen LogP contribution in [0.3, 0.4) is 0 Å². The number of aromatic nitrogens is 2. The zero-order valence-electron chi connectivity index (χ0n) is 10.2. The molecular weight excluding hydrogens is 297 g/mol. The summed E-state index contributed by atoms with van der Waals surface area (Å²) in [6, 6.07) is 12.4. The minimum atomic E-state index is 0.386. The number of hydrogen-bond donors (Lipinski definition) is 1. The molecule has 3 rings (SSSR count). The minimum Gasteiger partial charge on any atom is -0.398 e. The summed E-state index contributed by atoms with van der Waals surface area (Å²) >= 11 is 11.8. The molecule has 0 fully saturated rings. The van der Waals surface area contributed by atoms with Crippen molar-refractivity contribution in [2.45, 2.75) is 0 Å². The highest BCUT2D eigenvalue weighted by atomic mass is 35.5. The minimum absolute atomic E-state index is 0.386. The van der Waals surface area contributed by atoms with E-state index in [-0.39, 0.29) is 0 Å². The second-order valence-electron chi connectivity index (χ2n) is 4.17. The summed E-state index contributed by atoms with van der Waals surface area (Å²) in [5.74, 6) is 0.876. The highest BCUT2D eigenvalue weighted by Gasteiger charge is 2.11. The van der Waals surface area contributed by atoms with Crippen molar-refractivity contribution in [2.75, 3.05) is 5.73 Å². The van der Waals surface area contributed by atoms with E-state index in [4.69, 9.17) is 33.5 Å². The summed E-state index contributed by atoms with van der Waals surface area (Å²) in [6.45, 7) is 0. The van der Waals surface area contributed by atoms with Crippen molar-refractivity contribution in [3.05, 3.63) is 52.5 Å². The summed E-state index contributed by atoms with van der Waals surface area (Å²) in [6.07, 6.45) is 0. The zero-order valence-corrected chi connectivity index (χ0v) is 11.7. The van der Waals surface area contributed by atoms with Crippen LogP contribution in [0.15, 0.2) is 47.0 Å². The topological polar surface area (TPSA) is 64.9 Å². The number of rotatable bonds is 2. The van der Waals surface area contributed by atoms with Crippen molar-refractivity contribution in [1.29, 1.82) is 0 Å². The second kappa shape index (κ2) is 5.15. The highest BCUT2D eigenvalue weighted by Crippen LogP contribution is 2.27. The molecule has 0 bridgehead atoms. The summed E-state index contributed by atoms with van der Waals surface area (Å²) in [5, 5.41) is 5.05. The quantitative estimate of drug-likeness (QED) is 0.717. The van der Waals surface area contributed by atoms with E-state index < -0.39 is 0 Å². The molecule has 20 heavy (non-hydrogen) atoms. The van der Waals surface area contributed by atoms with Crippen LogP contribution in [-0.4, -0.2) is 10.1 Å². The monoisotopic (exact) mass is 305 g/mol. The van der Waals surface area contributed by atoms with Crippen molar-refractivity contribution in [3.8, 4) is 22.8 Å². The van der Waals surface area contributed by atoms with Crippen molar-refractivity contribution in [3.63, 3.8) is 0 Å². The van der Waals surface area contributed by atoms with Gasteiger partial charge in [-0.3, -0.25) is 0 Å². The fourth-order valence-electron chi connectivity index (χ4n) is 1.72. The first-order valence-electron chi connectivity index (χ1n) is 5.78. The van der Waals surface area contributed by atoms with Gasteiger partial charge in [0, 0.05) is 16.1 Å². The Labute approximate surface area is 125 Å². The van der Waals surface area contributed by atoms with E-state index in [1.807, 2.05) is 12.1 Å². The lowest BCUT2D eigenvalue weighted by atomic mass is 10.2. The van der Waals surface area contributed by atoms with Crippen LogP contribution < -0.4 is 5.73 Å². The van der Waals surface area contributed by atoms with Gasteiger partial charge in [-0.25, -0.2) is 0 Å². The Morgan fingerprint density at radius 2 is 1.65 bits per heavy atom. The lowest BCUT2D eigenvalue weighted by Gasteiger charge is -1.98. The third kappa shape index (κ3) is 2.48. The van der Waals surface area contributed by atoms with Gasteiger partial charge in [-0.1, -0.05) is 28.4 Å². The fourth-order valence-corrected chi connectivity index (χ4v) is 2.02. The molecule has 0 aliphatic carbocycles. The Morgan fingerprint density at radius 3 is 2.35 bits per heavy atom. The molecule has 0 spiro atoms. The molecule has 1 heterocycles. The number of hydrogen-bond acceptors (Lipinski definition) is 4. The van der Waals surface area contributed by atoms with Crippen molar-refractivity contribution < 1.29 is 4.52 Å². The first-order chi connectivity index (χ1) is 9.63. The lowest BCUT2D eigenvalue weighted by Crippen LogP contribution is -1.86. The first kappa shape index (κ1) is 13.0. The van der Waals surface area contributed by atoms with Gasteiger partial charge in [-0.05, 0) is 42.5 Å². The standard InChI is InChI=1S/C14H9Cl2N3O/c15-10-4-1-8(2-5-10)13-18-14(20-19-13)9-3-6-12(17)11(16)7-9/h1-7H,17H2. The van der Waals surface area contributed by atoms with Gasteiger partial charge < -0.3 is 10.3 Å². The Bertz CT molecular complexity index is 753. The Morgan fingerprint density at radius 1 is 0.950 bits per heavy atom. The van der Waals surface area contributed by atoms with Gasteiger partial charge in [0.2, 0.25) is 5.82 Å². The van der Waals surface area contributed by atoms with Crippen molar-refractivity contribution in [1.82, 2.24) is 10.1 Å². The normalized spacial score (nSPS) is 10.7. The van der Waals surface area contributed by atoms with Gasteiger partial charge in [-0.2, -0.15) is 4.98 Å². The van der Waals surface area contributed by atoms with E-state index in [2.05, 4.69) is 10.1 Å². The summed E-state index contributed by atoms with van der Waals surface area (Å²) in [5.41, 5.74) is 7.72. The molecule has 2 N–H and O–H groups in total. The molecule has 0 amide bonds. The molecule has 0 atom stereocenters. The van der Waals surface area contributed by atoms with Crippen LogP contribution >= 0.6 is 23.2 Å². The van der Waals surface area contributed by atoms with Crippen LogP contribution in [0, 0.1) is 0 Å². The van der Waals surface area contributed by atoms with Gasteiger partial charge >= 0.3 is 0 Å². The SMILES string of the molecule is Nc1ccc(-c2nc(-c3ccc(Cl)cc3)no2)cc1Cl. The van der Waals surface area contributed by atoms with Crippen LogP contribution in [0.25, 0.3) is 22.8 Å². The molecule has 4 nitrogen and oxygen atoms in total. The predicted molar refractivity (Wildman–Crippen MR) is 79.6 cm³/mol. The highest BCUT2D eigenvalue weighted by molar-refractivity contribution is 6.33. The maximum Gasteiger partial charge on any atom is 0.258 e. The van der Waals surface area contributed by atoms with E-state index in [9.17, 15) is 0 Å². The molecule has 1 aromatic heterocycles. The van der Waals surface area contributed by atoms with Crippen LogP contribution in [0.2, 0.25) is 10.0 Å². The lowest BCUT2D eigenvalue weighted by molar-refractivity contribution is 0.432. The van der Waals surface area contributed by atoms with E-state index in [0.717, 1.165) is 11.1 Å². The van der Waals surface area contributed by atoms with Crippen molar-refractivity contribution >= 4 is 28.9 Å². The van der Waals surface area contributed by atoms with E-state index in [0.29, 0.717) is 27.4 Å². The van der Waals surface area contributed by atoms with Gasteiger partial charge in [0.1, 0.15) is 0 Å².